The van der Waals surface area contributed by atoms with Crippen molar-refractivity contribution in [1.29, 1.82) is 0 Å². The van der Waals surface area contributed by atoms with Gasteiger partial charge in [-0.1, -0.05) is 19.9 Å². The van der Waals surface area contributed by atoms with Crippen molar-refractivity contribution in [1.82, 2.24) is 14.7 Å². The lowest BCUT2D eigenvalue weighted by molar-refractivity contribution is 0.622. The molecule has 2 aromatic heterocycles. The van der Waals surface area contributed by atoms with Crippen molar-refractivity contribution in [2.45, 2.75) is 20.4 Å². The largest absolute Gasteiger partial charge is 0.370 e. The van der Waals surface area contributed by atoms with Crippen LogP contribution in [0.25, 0.3) is 5.52 Å². The first-order chi connectivity index (χ1) is 8.65. The zero-order chi connectivity index (χ0) is 13.0. The molecule has 3 N–H and O–H groups in total. The molecule has 5 heteroatoms. The van der Waals surface area contributed by atoms with E-state index in [1.807, 2.05) is 28.9 Å². The van der Waals surface area contributed by atoms with Crippen LogP contribution >= 0.6 is 0 Å². The van der Waals surface area contributed by atoms with Crippen molar-refractivity contribution in [3.8, 4) is 0 Å². The number of guanidine groups is 1. The summed E-state index contributed by atoms with van der Waals surface area (Å²) in [7, 11) is 0. The van der Waals surface area contributed by atoms with Gasteiger partial charge in [-0.25, -0.2) is 9.98 Å². The molecule has 0 saturated heterocycles. The van der Waals surface area contributed by atoms with Crippen LogP contribution in [0.3, 0.4) is 0 Å². The molecule has 0 aliphatic rings. The van der Waals surface area contributed by atoms with E-state index in [9.17, 15) is 0 Å². The number of pyridine rings is 1. The maximum absolute atomic E-state index is 5.78. The van der Waals surface area contributed by atoms with E-state index in [0.717, 1.165) is 17.6 Å². The van der Waals surface area contributed by atoms with E-state index in [2.05, 4.69) is 29.1 Å². The molecule has 0 unspecified atom stereocenters. The van der Waals surface area contributed by atoms with Crippen LogP contribution in [0, 0.1) is 5.92 Å². The molecule has 0 amide bonds. The quantitative estimate of drug-likeness (QED) is 0.632. The van der Waals surface area contributed by atoms with Gasteiger partial charge >= 0.3 is 0 Å². The summed E-state index contributed by atoms with van der Waals surface area (Å²) in [5.41, 5.74) is 7.97. The summed E-state index contributed by atoms with van der Waals surface area (Å²) in [4.78, 5) is 8.38. The smallest absolute Gasteiger partial charge is 0.188 e. The van der Waals surface area contributed by atoms with E-state index in [1.165, 1.54) is 0 Å². The fourth-order valence-electron chi connectivity index (χ4n) is 1.60. The molecule has 2 aromatic rings. The van der Waals surface area contributed by atoms with Crippen LogP contribution in [0.15, 0.2) is 35.8 Å². The van der Waals surface area contributed by atoms with Crippen molar-refractivity contribution in [3.05, 3.63) is 36.4 Å². The topological polar surface area (TPSA) is 67.7 Å². The Balaban J connectivity index is 1.98. The number of nitrogens with zero attached hydrogens (tertiary/aromatic N) is 3. The number of imidazole rings is 1. The van der Waals surface area contributed by atoms with Gasteiger partial charge in [-0.3, -0.25) is 0 Å². The van der Waals surface area contributed by atoms with E-state index in [0.29, 0.717) is 18.4 Å². The third-order valence-corrected chi connectivity index (χ3v) is 2.59. The lowest BCUT2D eigenvalue weighted by Crippen LogP contribution is -2.34. The van der Waals surface area contributed by atoms with Crippen LogP contribution < -0.4 is 11.1 Å². The molecule has 0 aromatic carbocycles. The molecule has 96 valence electrons. The predicted octanol–water partition coefficient (Wildman–Crippen LogP) is 1.39. The van der Waals surface area contributed by atoms with Gasteiger partial charge < -0.3 is 15.5 Å². The molecule has 0 bridgehead atoms. The third kappa shape index (κ3) is 3.23. The van der Waals surface area contributed by atoms with E-state index in [4.69, 9.17) is 5.73 Å². The van der Waals surface area contributed by atoms with Crippen LogP contribution in [0.4, 0.5) is 0 Å². The van der Waals surface area contributed by atoms with Gasteiger partial charge in [0.1, 0.15) is 0 Å². The molecule has 0 radical (unpaired) electrons. The molecular formula is C13H19N5. The first-order valence-corrected chi connectivity index (χ1v) is 6.09. The molecule has 0 aliphatic carbocycles. The van der Waals surface area contributed by atoms with Crippen LogP contribution in [0.1, 0.15) is 19.4 Å². The minimum Gasteiger partial charge on any atom is -0.370 e. The molecule has 0 saturated carbocycles. The first kappa shape index (κ1) is 12.4. The highest BCUT2D eigenvalue weighted by molar-refractivity contribution is 5.77. The van der Waals surface area contributed by atoms with Crippen molar-refractivity contribution >= 4 is 11.5 Å². The van der Waals surface area contributed by atoms with Crippen molar-refractivity contribution in [3.63, 3.8) is 0 Å². The van der Waals surface area contributed by atoms with Gasteiger partial charge in [-0.2, -0.15) is 0 Å². The number of hydrogen-bond donors (Lipinski definition) is 2. The lowest BCUT2D eigenvalue weighted by Gasteiger charge is -2.07. The zero-order valence-electron chi connectivity index (χ0n) is 10.8. The third-order valence-electron chi connectivity index (χ3n) is 2.59. The highest BCUT2D eigenvalue weighted by Crippen LogP contribution is 2.06. The van der Waals surface area contributed by atoms with Crippen molar-refractivity contribution < 1.29 is 0 Å². The van der Waals surface area contributed by atoms with Gasteiger partial charge in [0, 0.05) is 12.7 Å². The Bertz CT molecular complexity index is 541. The summed E-state index contributed by atoms with van der Waals surface area (Å²) in [5, 5.41) is 3.09. The lowest BCUT2D eigenvalue weighted by atomic mass is 10.2. The van der Waals surface area contributed by atoms with Crippen molar-refractivity contribution in [2.24, 2.45) is 16.6 Å². The van der Waals surface area contributed by atoms with Crippen molar-refractivity contribution in [2.75, 3.05) is 6.54 Å². The molecule has 2 rings (SSSR count). The predicted molar refractivity (Wildman–Crippen MR) is 73.4 cm³/mol. The Kier molecular flexibility index (Phi) is 3.82. The number of aromatic nitrogens is 2. The first-order valence-electron chi connectivity index (χ1n) is 6.09. The summed E-state index contributed by atoms with van der Waals surface area (Å²) in [6.07, 6.45) is 5.62. The second-order valence-electron chi connectivity index (χ2n) is 4.74. The van der Waals surface area contributed by atoms with Gasteiger partial charge in [0.2, 0.25) is 0 Å². The molecule has 2 heterocycles. The summed E-state index contributed by atoms with van der Waals surface area (Å²) in [6.45, 7) is 5.68. The van der Waals surface area contributed by atoms with Gasteiger partial charge in [0.05, 0.1) is 24.6 Å². The normalized spacial score (nSPS) is 12.3. The fraction of sp³-hybridized carbons (Fsp3) is 0.385. The Morgan fingerprint density at radius 2 is 2.33 bits per heavy atom. The van der Waals surface area contributed by atoms with Crippen LogP contribution in [0.5, 0.6) is 0 Å². The zero-order valence-corrected chi connectivity index (χ0v) is 10.8. The Hall–Kier alpha value is -2.04. The molecule has 0 atom stereocenters. The van der Waals surface area contributed by atoms with Crippen LogP contribution in [-0.4, -0.2) is 21.9 Å². The molecule has 18 heavy (non-hydrogen) atoms. The Morgan fingerprint density at radius 3 is 3.11 bits per heavy atom. The number of aliphatic imine (C=N–C) groups is 1. The van der Waals surface area contributed by atoms with E-state index in [-0.39, 0.29) is 0 Å². The van der Waals surface area contributed by atoms with E-state index >= 15 is 0 Å². The van der Waals surface area contributed by atoms with E-state index in [1.54, 1.807) is 6.33 Å². The molecule has 0 fully saturated rings. The summed E-state index contributed by atoms with van der Waals surface area (Å²) in [6, 6.07) is 4.06. The van der Waals surface area contributed by atoms with Crippen LogP contribution in [-0.2, 0) is 6.54 Å². The number of hydrogen-bond acceptors (Lipinski definition) is 2. The Labute approximate surface area is 107 Å². The highest BCUT2D eigenvalue weighted by Gasteiger charge is 1.97. The Morgan fingerprint density at radius 1 is 1.50 bits per heavy atom. The summed E-state index contributed by atoms with van der Waals surface area (Å²) in [5.74, 6) is 1.05. The second-order valence-corrected chi connectivity index (χ2v) is 4.74. The molecule has 0 aliphatic heterocycles. The summed E-state index contributed by atoms with van der Waals surface area (Å²) < 4.78 is 1.97. The van der Waals surface area contributed by atoms with Gasteiger partial charge in [0.25, 0.3) is 0 Å². The fourth-order valence-corrected chi connectivity index (χ4v) is 1.60. The minimum absolute atomic E-state index is 0.495. The van der Waals surface area contributed by atoms with Gasteiger partial charge in [-0.05, 0) is 17.5 Å². The SMILES string of the molecule is CC(C)CNC(N)=NCc1ccc2cncn2c1. The van der Waals surface area contributed by atoms with Gasteiger partial charge in [-0.15, -0.1) is 0 Å². The maximum Gasteiger partial charge on any atom is 0.188 e. The molecule has 0 spiro atoms. The maximum atomic E-state index is 5.78. The average Bonchev–Trinajstić information content (AvgIpc) is 2.81. The number of rotatable bonds is 4. The number of fused-ring (bicyclic) bond motifs is 1. The minimum atomic E-state index is 0.495. The monoisotopic (exact) mass is 245 g/mol. The van der Waals surface area contributed by atoms with Gasteiger partial charge in [0.15, 0.2) is 5.96 Å². The second kappa shape index (κ2) is 5.53. The number of nitrogens with one attached hydrogen (secondary N) is 1. The number of nitrogens with two attached hydrogens (primary N) is 1. The van der Waals surface area contributed by atoms with Crippen LogP contribution in [0.2, 0.25) is 0 Å². The highest BCUT2D eigenvalue weighted by atomic mass is 15.1. The summed E-state index contributed by atoms with van der Waals surface area (Å²) >= 11 is 0. The van der Waals surface area contributed by atoms with E-state index < -0.39 is 0 Å². The average molecular weight is 245 g/mol. The standard InChI is InChI=1S/C13H19N5/c1-10(2)5-16-13(14)17-6-11-3-4-12-7-15-9-18(12)8-11/h3-4,7-10H,5-6H2,1-2H3,(H3,14,16,17). The molecule has 5 nitrogen and oxygen atoms in total. The molecular weight excluding hydrogens is 226 g/mol.